The number of benzene rings is 1. The number of halogens is 2. The van der Waals surface area contributed by atoms with Crippen molar-refractivity contribution in [3.05, 3.63) is 65.2 Å². The van der Waals surface area contributed by atoms with Crippen molar-refractivity contribution >= 4 is 34.2 Å². The van der Waals surface area contributed by atoms with E-state index in [9.17, 15) is 9.18 Å². The van der Waals surface area contributed by atoms with Crippen LogP contribution < -0.4 is 5.32 Å². The number of carbonyl (C=O) groups is 1. The van der Waals surface area contributed by atoms with Crippen LogP contribution in [0.1, 0.15) is 50.0 Å². The van der Waals surface area contributed by atoms with Crippen molar-refractivity contribution in [2.75, 3.05) is 5.32 Å². The van der Waals surface area contributed by atoms with Crippen LogP contribution in [0.15, 0.2) is 48.8 Å². The number of aromatic nitrogens is 2. The maximum absolute atomic E-state index is 13.8. The minimum Gasteiger partial charge on any atom is -0.310 e. The number of fused-ring (bicyclic) bond motifs is 1. The number of nitrogens with one attached hydrogen (secondary N) is 1. The molecule has 1 spiro atoms. The van der Waals surface area contributed by atoms with Gasteiger partial charge < -0.3 is 5.32 Å². The Morgan fingerprint density at radius 2 is 1.90 bits per heavy atom. The highest BCUT2D eigenvalue weighted by atomic mass is 35.5. The fourth-order valence-electron chi connectivity index (χ4n) is 5.29. The molecule has 4 nitrogen and oxygen atoms in total. The van der Waals surface area contributed by atoms with Crippen molar-refractivity contribution in [1.82, 2.24) is 9.97 Å². The van der Waals surface area contributed by atoms with Crippen LogP contribution in [0.2, 0.25) is 5.02 Å². The summed E-state index contributed by atoms with van der Waals surface area (Å²) in [6.07, 6.45) is 9.60. The molecule has 3 aromatic rings. The second kappa shape index (κ2) is 7.62. The van der Waals surface area contributed by atoms with Gasteiger partial charge in [-0.1, -0.05) is 11.6 Å². The van der Waals surface area contributed by atoms with E-state index in [0.29, 0.717) is 16.8 Å². The Bertz CT molecular complexity index is 1090. The zero-order valence-electron chi connectivity index (χ0n) is 16.6. The third kappa shape index (κ3) is 3.67. The summed E-state index contributed by atoms with van der Waals surface area (Å²) >= 11 is 5.85. The lowest BCUT2D eigenvalue weighted by Crippen LogP contribution is -2.45. The van der Waals surface area contributed by atoms with Crippen molar-refractivity contribution < 1.29 is 9.18 Å². The average molecular weight is 424 g/mol. The first-order chi connectivity index (χ1) is 14.5. The quantitative estimate of drug-likeness (QED) is 0.552. The largest absolute Gasteiger partial charge is 0.310 e. The topological polar surface area (TPSA) is 54.9 Å². The molecular formula is C24H23ClFN3O. The minimum absolute atomic E-state index is 0.0492. The number of rotatable bonds is 3. The molecule has 2 heterocycles. The van der Waals surface area contributed by atoms with Gasteiger partial charge in [0.25, 0.3) is 0 Å². The minimum atomic E-state index is -0.216. The van der Waals surface area contributed by atoms with E-state index in [4.69, 9.17) is 11.6 Å². The Balaban J connectivity index is 1.21. The highest BCUT2D eigenvalue weighted by Gasteiger charge is 2.48. The Labute approximate surface area is 179 Å². The van der Waals surface area contributed by atoms with Gasteiger partial charge in [-0.3, -0.25) is 9.78 Å². The summed E-state index contributed by atoms with van der Waals surface area (Å²) in [5.41, 5.74) is 2.34. The normalized spacial score (nSPS) is 25.8. The molecular weight excluding hydrogens is 401 g/mol. The van der Waals surface area contributed by atoms with Gasteiger partial charge in [-0.15, -0.1) is 0 Å². The predicted molar refractivity (Wildman–Crippen MR) is 116 cm³/mol. The van der Waals surface area contributed by atoms with E-state index in [1.165, 1.54) is 17.8 Å². The molecule has 2 saturated carbocycles. The molecule has 0 radical (unpaired) electrons. The van der Waals surface area contributed by atoms with Crippen molar-refractivity contribution in [3.8, 4) is 0 Å². The van der Waals surface area contributed by atoms with E-state index in [0.717, 1.165) is 49.4 Å². The molecule has 0 bridgehead atoms. The molecule has 30 heavy (non-hydrogen) atoms. The summed E-state index contributed by atoms with van der Waals surface area (Å²) in [4.78, 5) is 21.1. The van der Waals surface area contributed by atoms with Crippen LogP contribution >= 0.6 is 11.6 Å². The third-order valence-electron chi connectivity index (χ3n) is 6.93. The van der Waals surface area contributed by atoms with Crippen LogP contribution in [-0.2, 0) is 4.79 Å². The maximum atomic E-state index is 13.8. The molecule has 0 atom stereocenters. The maximum Gasteiger partial charge on any atom is 0.228 e. The highest BCUT2D eigenvalue weighted by molar-refractivity contribution is 6.30. The predicted octanol–water partition coefficient (Wildman–Crippen LogP) is 6.12. The van der Waals surface area contributed by atoms with Gasteiger partial charge in [0.15, 0.2) is 0 Å². The molecule has 154 valence electrons. The van der Waals surface area contributed by atoms with Gasteiger partial charge in [0, 0.05) is 23.7 Å². The molecule has 1 aromatic carbocycles. The van der Waals surface area contributed by atoms with Crippen LogP contribution in [0, 0.1) is 17.2 Å². The van der Waals surface area contributed by atoms with Gasteiger partial charge in [0.2, 0.25) is 5.91 Å². The van der Waals surface area contributed by atoms with Gasteiger partial charge >= 0.3 is 0 Å². The number of carbonyl (C=O) groups excluding carboxylic acids is 1. The lowest BCUT2D eigenvalue weighted by atomic mass is 9.54. The highest BCUT2D eigenvalue weighted by Crippen LogP contribution is 2.57. The monoisotopic (exact) mass is 423 g/mol. The second-order valence-electron chi connectivity index (χ2n) is 8.79. The molecule has 5 rings (SSSR count). The molecule has 0 saturated heterocycles. The molecule has 2 aliphatic carbocycles. The standard InChI is InChI=1S/C24H23ClFN3O/c25-17-1-4-22(28-14-17)29-23(30)16-12-24(13-16)8-5-15(6-9-24)19-7-10-27-21-3-2-18(26)11-20(19)21/h1-4,7,10-11,14-16H,5-6,8-9,12-13H2,(H,28,29,30). The van der Waals surface area contributed by atoms with Gasteiger partial charge in [-0.2, -0.15) is 0 Å². The molecule has 0 unspecified atom stereocenters. The van der Waals surface area contributed by atoms with Crippen LogP contribution in [0.3, 0.4) is 0 Å². The van der Waals surface area contributed by atoms with Crippen molar-refractivity contribution in [3.63, 3.8) is 0 Å². The van der Waals surface area contributed by atoms with Gasteiger partial charge in [-0.25, -0.2) is 9.37 Å². The first-order valence-corrected chi connectivity index (χ1v) is 10.9. The summed E-state index contributed by atoms with van der Waals surface area (Å²) in [5, 5.41) is 4.39. The van der Waals surface area contributed by atoms with E-state index in [1.807, 2.05) is 12.3 Å². The first-order valence-electron chi connectivity index (χ1n) is 10.5. The SMILES string of the molecule is O=C(Nc1ccc(Cl)cn1)C1CC2(CCC(c3ccnc4ccc(F)cc34)CC2)C1. The Hall–Kier alpha value is -2.53. The summed E-state index contributed by atoms with van der Waals surface area (Å²) in [6.45, 7) is 0. The first kappa shape index (κ1) is 19.4. The van der Waals surface area contributed by atoms with Gasteiger partial charge in [-0.05, 0) is 91.8 Å². The second-order valence-corrected chi connectivity index (χ2v) is 9.23. The summed E-state index contributed by atoms with van der Waals surface area (Å²) in [5.74, 6) is 0.857. The number of hydrogen-bond acceptors (Lipinski definition) is 3. The molecule has 2 aliphatic rings. The van der Waals surface area contributed by atoms with Crippen LogP contribution in [-0.4, -0.2) is 15.9 Å². The van der Waals surface area contributed by atoms with E-state index in [-0.39, 0.29) is 23.1 Å². The zero-order chi connectivity index (χ0) is 20.7. The van der Waals surface area contributed by atoms with Crippen LogP contribution in [0.5, 0.6) is 0 Å². The Kier molecular flexibility index (Phi) is 4.94. The van der Waals surface area contributed by atoms with E-state index >= 15 is 0 Å². The number of nitrogens with zero attached hydrogens (tertiary/aromatic N) is 2. The summed E-state index contributed by atoms with van der Waals surface area (Å²) < 4.78 is 13.8. The van der Waals surface area contributed by atoms with Crippen molar-refractivity contribution in [2.24, 2.45) is 11.3 Å². The molecule has 1 N–H and O–H groups in total. The molecule has 2 fully saturated rings. The number of hydrogen-bond donors (Lipinski definition) is 1. The zero-order valence-corrected chi connectivity index (χ0v) is 17.3. The molecule has 6 heteroatoms. The summed E-state index contributed by atoms with van der Waals surface area (Å²) in [6, 6.07) is 10.3. The fourth-order valence-corrected chi connectivity index (χ4v) is 5.41. The van der Waals surface area contributed by atoms with Crippen molar-refractivity contribution in [2.45, 2.75) is 44.4 Å². The Morgan fingerprint density at radius 1 is 1.10 bits per heavy atom. The average Bonchev–Trinajstić information content (AvgIpc) is 2.73. The molecule has 0 aliphatic heterocycles. The lowest BCUT2D eigenvalue weighted by molar-refractivity contribution is -0.128. The number of amides is 1. The summed E-state index contributed by atoms with van der Waals surface area (Å²) in [7, 11) is 0. The van der Waals surface area contributed by atoms with E-state index < -0.39 is 0 Å². The van der Waals surface area contributed by atoms with E-state index in [2.05, 4.69) is 15.3 Å². The van der Waals surface area contributed by atoms with Gasteiger partial charge in [0.05, 0.1) is 10.5 Å². The number of anilines is 1. The number of pyridine rings is 2. The van der Waals surface area contributed by atoms with Gasteiger partial charge in [0.1, 0.15) is 11.6 Å². The van der Waals surface area contributed by atoms with E-state index in [1.54, 1.807) is 24.3 Å². The third-order valence-corrected chi connectivity index (χ3v) is 7.16. The fraction of sp³-hybridized carbons (Fsp3) is 0.375. The molecule has 1 amide bonds. The van der Waals surface area contributed by atoms with Crippen molar-refractivity contribution in [1.29, 1.82) is 0 Å². The molecule has 2 aromatic heterocycles. The van der Waals surface area contributed by atoms with Crippen LogP contribution in [0.25, 0.3) is 10.9 Å². The van der Waals surface area contributed by atoms with Crippen LogP contribution in [0.4, 0.5) is 10.2 Å². The smallest absolute Gasteiger partial charge is 0.228 e. The Morgan fingerprint density at radius 3 is 2.63 bits per heavy atom. The lowest BCUT2D eigenvalue weighted by Gasteiger charge is -2.51.